The average molecular weight is 396 g/mol. The molecular weight excluding hydrogens is 364 g/mol. The van der Waals surface area contributed by atoms with E-state index in [1.807, 2.05) is 0 Å². The molecule has 1 radical (unpaired) electrons. The number of rotatable bonds is 5. The molecule has 2 aromatic carbocycles. The lowest BCUT2D eigenvalue weighted by molar-refractivity contribution is -0.107. The van der Waals surface area contributed by atoms with Crippen molar-refractivity contribution in [2.75, 3.05) is 7.11 Å². The van der Waals surface area contributed by atoms with E-state index in [-0.39, 0.29) is 23.5 Å². The van der Waals surface area contributed by atoms with Crippen molar-refractivity contribution in [3.8, 4) is 0 Å². The standard InChI is InChI=1S/C24H31O3Si/c1-24(2,3)28(18-11-7-5-8-12-18,19-13-9-6-10-14-19)27-22-16-15-21-20(22)17-23(25-4)26-21/h5-15,20-23H,16-17H2,1-4H3/t20-,21+,22-,23?/m1/s1. The summed E-state index contributed by atoms with van der Waals surface area (Å²) in [5, 5.41) is 2.66. The van der Waals surface area contributed by atoms with Gasteiger partial charge in [-0.25, -0.2) is 0 Å². The third kappa shape index (κ3) is 3.37. The van der Waals surface area contributed by atoms with Crippen LogP contribution in [0.4, 0.5) is 0 Å². The molecule has 2 fully saturated rings. The molecule has 3 nitrogen and oxygen atoms in total. The molecule has 1 saturated carbocycles. The lowest BCUT2D eigenvalue weighted by atomic mass is 10.0. The summed E-state index contributed by atoms with van der Waals surface area (Å²) in [5.74, 6) is 0.367. The van der Waals surface area contributed by atoms with Gasteiger partial charge in [0.25, 0.3) is 8.32 Å². The van der Waals surface area contributed by atoms with Gasteiger partial charge in [0, 0.05) is 19.4 Å². The summed E-state index contributed by atoms with van der Waals surface area (Å²) >= 11 is 0. The van der Waals surface area contributed by atoms with Crippen LogP contribution in [0.3, 0.4) is 0 Å². The van der Waals surface area contributed by atoms with E-state index in [1.165, 1.54) is 10.4 Å². The number of ether oxygens (including phenoxy) is 2. The molecule has 0 bridgehead atoms. The van der Waals surface area contributed by atoms with Crippen LogP contribution in [0.2, 0.25) is 5.04 Å². The first kappa shape index (κ1) is 19.8. The fraction of sp³-hybridized carbons (Fsp3) is 0.458. The Balaban J connectivity index is 1.78. The predicted molar refractivity (Wildman–Crippen MR) is 115 cm³/mol. The zero-order valence-electron chi connectivity index (χ0n) is 17.3. The Labute approximate surface area is 170 Å². The van der Waals surface area contributed by atoms with Gasteiger partial charge in [-0.15, -0.1) is 0 Å². The van der Waals surface area contributed by atoms with Crippen molar-refractivity contribution in [3.05, 3.63) is 67.1 Å². The monoisotopic (exact) mass is 395 g/mol. The van der Waals surface area contributed by atoms with E-state index in [1.54, 1.807) is 7.11 Å². The first-order chi connectivity index (χ1) is 13.5. The van der Waals surface area contributed by atoms with Gasteiger partial charge in [0.05, 0.1) is 12.2 Å². The van der Waals surface area contributed by atoms with Crippen molar-refractivity contribution >= 4 is 18.7 Å². The quantitative estimate of drug-likeness (QED) is 0.718. The van der Waals surface area contributed by atoms with Crippen molar-refractivity contribution in [3.63, 3.8) is 0 Å². The second kappa shape index (κ2) is 7.75. The molecule has 28 heavy (non-hydrogen) atoms. The van der Waals surface area contributed by atoms with Crippen molar-refractivity contribution in [1.82, 2.24) is 0 Å². The summed E-state index contributed by atoms with van der Waals surface area (Å²) in [4.78, 5) is 0. The topological polar surface area (TPSA) is 27.7 Å². The molecule has 4 heteroatoms. The van der Waals surface area contributed by atoms with Gasteiger partial charge in [-0.1, -0.05) is 81.4 Å². The van der Waals surface area contributed by atoms with Crippen molar-refractivity contribution in [1.29, 1.82) is 0 Å². The summed E-state index contributed by atoms with van der Waals surface area (Å²) in [6, 6.07) is 21.7. The van der Waals surface area contributed by atoms with E-state index < -0.39 is 8.32 Å². The van der Waals surface area contributed by atoms with Gasteiger partial charge < -0.3 is 13.9 Å². The lowest BCUT2D eigenvalue weighted by Gasteiger charge is -2.45. The maximum absolute atomic E-state index is 7.31. The van der Waals surface area contributed by atoms with Gasteiger partial charge in [-0.3, -0.25) is 0 Å². The first-order valence-corrected chi connectivity index (χ1v) is 12.2. The molecular formula is C24H31O3Si. The highest BCUT2D eigenvalue weighted by molar-refractivity contribution is 6.99. The van der Waals surface area contributed by atoms with Crippen LogP contribution in [0.15, 0.2) is 60.7 Å². The Bertz CT molecular complexity index is 732. The van der Waals surface area contributed by atoms with E-state index in [0.717, 1.165) is 12.8 Å². The molecule has 1 unspecified atom stereocenters. The van der Waals surface area contributed by atoms with E-state index in [2.05, 4.69) is 87.9 Å². The van der Waals surface area contributed by atoms with Crippen LogP contribution >= 0.6 is 0 Å². The number of hydrogen-bond acceptors (Lipinski definition) is 3. The van der Waals surface area contributed by atoms with Crippen molar-refractivity contribution in [2.24, 2.45) is 5.92 Å². The third-order valence-electron chi connectivity index (χ3n) is 6.28. The van der Waals surface area contributed by atoms with Crippen molar-refractivity contribution in [2.45, 2.75) is 57.1 Å². The second-order valence-electron chi connectivity index (χ2n) is 8.96. The minimum absolute atomic E-state index is 0.00604. The molecule has 2 aliphatic rings. The zero-order valence-corrected chi connectivity index (χ0v) is 18.3. The van der Waals surface area contributed by atoms with Crippen LogP contribution < -0.4 is 10.4 Å². The Hall–Kier alpha value is -1.46. The molecule has 4 atom stereocenters. The first-order valence-electron chi connectivity index (χ1n) is 10.3. The Morgan fingerprint density at radius 3 is 2.00 bits per heavy atom. The average Bonchev–Trinajstić information content (AvgIpc) is 3.27. The summed E-state index contributed by atoms with van der Waals surface area (Å²) in [6.07, 6.45) is 4.32. The minimum Gasteiger partial charge on any atom is -0.404 e. The third-order valence-corrected chi connectivity index (χ3v) is 11.3. The molecule has 1 saturated heterocycles. The Morgan fingerprint density at radius 1 is 0.929 bits per heavy atom. The Morgan fingerprint density at radius 2 is 1.50 bits per heavy atom. The molecule has 1 heterocycles. The van der Waals surface area contributed by atoms with Gasteiger partial charge in [-0.05, 0) is 28.3 Å². The maximum atomic E-state index is 7.31. The van der Waals surface area contributed by atoms with Gasteiger partial charge >= 0.3 is 0 Å². The molecule has 0 aromatic heterocycles. The highest BCUT2D eigenvalue weighted by Crippen LogP contribution is 2.45. The fourth-order valence-electron chi connectivity index (χ4n) is 4.93. The van der Waals surface area contributed by atoms with Gasteiger partial charge in [0.2, 0.25) is 0 Å². The zero-order chi connectivity index (χ0) is 19.8. The van der Waals surface area contributed by atoms with Gasteiger partial charge in [0.15, 0.2) is 6.29 Å². The fourth-order valence-corrected chi connectivity index (χ4v) is 9.67. The van der Waals surface area contributed by atoms with Crippen LogP contribution in [0.25, 0.3) is 0 Å². The van der Waals surface area contributed by atoms with E-state index in [0.29, 0.717) is 5.92 Å². The molecule has 1 aliphatic heterocycles. The molecule has 1 aliphatic carbocycles. The summed E-state index contributed by atoms with van der Waals surface area (Å²) in [5.41, 5.74) is 0. The van der Waals surface area contributed by atoms with Gasteiger partial charge in [0.1, 0.15) is 0 Å². The maximum Gasteiger partial charge on any atom is 0.261 e. The number of fused-ring (bicyclic) bond motifs is 1. The normalized spacial score (nSPS) is 27.7. The lowest BCUT2D eigenvalue weighted by Crippen LogP contribution is -2.68. The number of methoxy groups -OCH3 is 1. The highest BCUT2D eigenvalue weighted by Gasteiger charge is 2.55. The van der Waals surface area contributed by atoms with Crippen molar-refractivity contribution < 1.29 is 13.9 Å². The van der Waals surface area contributed by atoms with E-state index in [9.17, 15) is 0 Å². The van der Waals surface area contributed by atoms with Crippen LogP contribution in [-0.2, 0) is 13.9 Å². The molecule has 0 N–H and O–H groups in total. The SMILES string of the molecule is COC1C[C@@H]2[C@H]([CH]C[C@H]2O[Si](c2ccccc2)(c2ccccc2)C(C)(C)C)O1. The molecule has 0 spiro atoms. The number of benzene rings is 2. The van der Waals surface area contributed by atoms with Crippen LogP contribution in [0, 0.1) is 12.3 Å². The predicted octanol–water partition coefficient (Wildman–Crippen LogP) is 3.92. The molecule has 2 aromatic rings. The van der Waals surface area contributed by atoms with Crippen LogP contribution in [0.1, 0.15) is 33.6 Å². The van der Waals surface area contributed by atoms with E-state index >= 15 is 0 Å². The summed E-state index contributed by atoms with van der Waals surface area (Å²) < 4.78 is 18.8. The van der Waals surface area contributed by atoms with Crippen LogP contribution in [0.5, 0.6) is 0 Å². The molecule has 149 valence electrons. The molecule has 4 rings (SSSR count). The Kier molecular flexibility index (Phi) is 5.49. The summed E-state index contributed by atoms with van der Waals surface area (Å²) in [6.45, 7) is 7.00. The number of hydrogen-bond donors (Lipinski definition) is 0. The van der Waals surface area contributed by atoms with E-state index in [4.69, 9.17) is 13.9 Å². The molecule has 0 amide bonds. The van der Waals surface area contributed by atoms with Crippen LogP contribution in [-0.4, -0.2) is 33.9 Å². The summed E-state index contributed by atoms with van der Waals surface area (Å²) in [7, 11) is -0.797. The van der Waals surface area contributed by atoms with Gasteiger partial charge in [-0.2, -0.15) is 0 Å². The smallest absolute Gasteiger partial charge is 0.261 e. The largest absolute Gasteiger partial charge is 0.404 e. The second-order valence-corrected chi connectivity index (χ2v) is 13.2. The minimum atomic E-state index is -2.52. The highest BCUT2D eigenvalue weighted by atomic mass is 28.4.